The molecule has 7 heteroatoms. The van der Waals surface area contributed by atoms with Crippen molar-refractivity contribution < 1.29 is 14.3 Å². The number of benzene rings is 3. The van der Waals surface area contributed by atoms with Crippen LogP contribution < -0.4 is 10.1 Å². The van der Waals surface area contributed by atoms with E-state index in [0.29, 0.717) is 18.7 Å². The lowest BCUT2D eigenvalue weighted by atomic mass is 9.94. The lowest BCUT2D eigenvalue weighted by Gasteiger charge is -2.33. The van der Waals surface area contributed by atoms with Crippen molar-refractivity contribution in [2.45, 2.75) is 71.0 Å². The van der Waals surface area contributed by atoms with E-state index < -0.39 is 6.04 Å². The van der Waals surface area contributed by atoms with Crippen molar-refractivity contribution in [2.24, 2.45) is 0 Å². The van der Waals surface area contributed by atoms with Crippen molar-refractivity contribution in [3.8, 4) is 5.75 Å². The summed E-state index contributed by atoms with van der Waals surface area (Å²) in [6.07, 6.45) is 5.84. The molecule has 3 aromatic rings. The monoisotopic (exact) mass is 654 g/mol. The molecular weight excluding hydrogens is 620 g/mol. The van der Waals surface area contributed by atoms with Gasteiger partial charge in [-0.1, -0.05) is 93.6 Å². The number of carbonyl (C=O) groups excluding carboxylic acids is 2. The van der Waals surface area contributed by atoms with Gasteiger partial charge in [0, 0.05) is 28.0 Å². The summed E-state index contributed by atoms with van der Waals surface area (Å²) in [6.45, 7) is 4.15. The van der Waals surface area contributed by atoms with Gasteiger partial charge in [0.05, 0.1) is 0 Å². The zero-order valence-corrected chi connectivity index (χ0v) is 25.8. The molecule has 0 aliphatic heterocycles. The fraction of sp³-hybridized carbons (Fsp3) is 0.375. The van der Waals surface area contributed by atoms with Crippen LogP contribution in [0.25, 0.3) is 0 Å². The minimum Gasteiger partial charge on any atom is -0.484 e. The standard InChI is InChI=1S/C32H36Br2N2O3/c1-22-17-28(18-23(2)31(22)34)39-21-30(37)36(20-25-13-15-26(33)16-14-25)29(19-24-9-5-3-6-10-24)32(38)35-27-11-7-4-8-12-27/h3,5-6,9-10,13-18,27,29H,4,7-8,11-12,19-21H2,1-2H3,(H,35,38)/t29-/m0/s1. The lowest BCUT2D eigenvalue weighted by Crippen LogP contribution is -2.53. The second kappa shape index (κ2) is 14.1. The first-order chi connectivity index (χ1) is 18.8. The highest BCUT2D eigenvalue weighted by molar-refractivity contribution is 9.10. The molecule has 1 N–H and O–H groups in total. The highest BCUT2D eigenvalue weighted by atomic mass is 79.9. The molecule has 3 aromatic carbocycles. The van der Waals surface area contributed by atoms with Crippen molar-refractivity contribution >= 4 is 43.7 Å². The number of halogens is 2. The van der Waals surface area contributed by atoms with E-state index in [1.54, 1.807) is 4.90 Å². The van der Waals surface area contributed by atoms with Crippen molar-refractivity contribution in [1.82, 2.24) is 10.2 Å². The van der Waals surface area contributed by atoms with Crippen LogP contribution in [0.3, 0.4) is 0 Å². The van der Waals surface area contributed by atoms with Crippen LogP contribution >= 0.6 is 31.9 Å². The first kappa shape index (κ1) is 29.3. The van der Waals surface area contributed by atoms with Crippen LogP contribution in [-0.2, 0) is 22.6 Å². The largest absolute Gasteiger partial charge is 0.484 e. The highest BCUT2D eigenvalue weighted by Gasteiger charge is 2.32. The molecule has 1 aliphatic rings. The summed E-state index contributed by atoms with van der Waals surface area (Å²) in [5.41, 5.74) is 4.04. The van der Waals surface area contributed by atoms with Gasteiger partial charge in [0.25, 0.3) is 5.91 Å². The maximum atomic E-state index is 13.9. The summed E-state index contributed by atoms with van der Waals surface area (Å²) in [6, 6.07) is 21.1. The van der Waals surface area contributed by atoms with Crippen LogP contribution in [-0.4, -0.2) is 35.4 Å². The van der Waals surface area contributed by atoms with Gasteiger partial charge in [0.2, 0.25) is 5.91 Å². The van der Waals surface area contributed by atoms with Gasteiger partial charge in [-0.15, -0.1) is 0 Å². The molecule has 0 heterocycles. The summed E-state index contributed by atoms with van der Waals surface area (Å²) >= 11 is 7.08. The van der Waals surface area contributed by atoms with Crippen LogP contribution in [0, 0.1) is 13.8 Å². The smallest absolute Gasteiger partial charge is 0.261 e. The van der Waals surface area contributed by atoms with Gasteiger partial charge in [0.15, 0.2) is 6.61 Å². The number of carbonyl (C=O) groups is 2. The number of nitrogens with one attached hydrogen (secondary N) is 1. The molecular formula is C32H36Br2N2O3. The molecule has 39 heavy (non-hydrogen) atoms. The molecule has 1 saturated carbocycles. The molecule has 4 rings (SSSR count). The molecule has 1 atom stereocenters. The van der Waals surface area contributed by atoms with Crippen LogP contribution in [0.2, 0.25) is 0 Å². The maximum absolute atomic E-state index is 13.9. The first-order valence-corrected chi connectivity index (χ1v) is 15.2. The van der Waals surface area contributed by atoms with E-state index in [1.165, 1.54) is 6.42 Å². The third kappa shape index (κ3) is 8.42. The first-order valence-electron chi connectivity index (χ1n) is 13.6. The van der Waals surface area contributed by atoms with E-state index in [2.05, 4.69) is 37.2 Å². The minimum atomic E-state index is -0.664. The predicted octanol–water partition coefficient (Wildman–Crippen LogP) is 7.30. The zero-order chi connectivity index (χ0) is 27.8. The van der Waals surface area contributed by atoms with Crippen molar-refractivity contribution in [3.05, 3.63) is 97.9 Å². The Morgan fingerprint density at radius 3 is 2.21 bits per heavy atom. The number of ether oxygens (including phenoxy) is 1. The number of nitrogens with zero attached hydrogens (tertiary/aromatic N) is 1. The number of amides is 2. The summed E-state index contributed by atoms with van der Waals surface area (Å²) in [7, 11) is 0. The Hall–Kier alpha value is -2.64. The second-order valence-corrected chi connectivity index (χ2v) is 12.1. The van der Waals surface area contributed by atoms with Gasteiger partial charge in [-0.2, -0.15) is 0 Å². The van der Waals surface area contributed by atoms with Crippen LogP contribution in [0.15, 0.2) is 75.7 Å². The molecule has 5 nitrogen and oxygen atoms in total. The van der Waals surface area contributed by atoms with Crippen LogP contribution in [0.4, 0.5) is 0 Å². The molecule has 2 amide bonds. The van der Waals surface area contributed by atoms with E-state index in [4.69, 9.17) is 4.74 Å². The van der Waals surface area contributed by atoms with Gasteiger partial charge in [-0.25, -0.2) is 0 Å². The normalized spacial score (nSPS) is 14.5. The molecule has 0 unspecified atom stereocenters. The molecule has 0 saturated heterocycles. The molecule has 1 aliphatic carbocycles. The molecule has 0 bridgehead atoms. The molecule has 0 aromatic heterocycles. The molecule has 0 spiro atoms. The van der Waals surface area contributed by atoms with Gasteiger partial charge < -0.3 is 15.0 Å². The number of hydrogen-bond donors (Lipinski definition) is 1. The van der Waals surface area contributed by atoms with Crippen LogP contribution in [0.1, 0.15) is 54.4 Å². The summed E-state index contributed by atoms with van der Waals surface area (Å²) in [5.74, 6) is 0.304. The highest BCUT2D eigenvalue weighted by Crippen LogP contribution is 2.27. The Balaban J connectivity index is 1.61. The maximum Gasteiger partial charge on any atom is 0.261 e. The third-order valence-electron chi connectivity index (χ3n) is 7.26. The van der Waals surface area contributed by atoms with Crippen molar-refractivity contribution in [1.29, 1.82) is 0 Å². The summed E-state index contributed by atoms with van der Waals surface area (Å²) in [4.78, 5) is 29.4. The Morgan fingerprint density at radius 1 is 0.923 bits per heavy atom. The average molecular weight is 656 g/mol. The predicted molar refractivity (Wildman–Crippen MR) is 163 cm³/mol. The van der Waals surface area contributed by atoms with Gasteiger partial charge in [-0.05, 0) is 73.2 Å². The number of rotatable bonds is 10. The molecule has 206 valence electrons. The summed E-state index contributed by atoms with van der Waals surface area (Å²) in [5, 5.41) is 3.28. The topological polar surface area (TPSA) is 58.6 Å². The van der Waals surface area contributed by atoms with E-state index in [9.17, 15) is 9.59 Å². The Bertz CT molecular complexity index is 1240. The lowest BCUT2D eigenvalue weighted by molar-refractivity contribution is -0.143. The Kier molecular flexibility index (Phi) is 10.6. The minimum absolute atomic E-state index is 0.105. The van der Waals surface area contributed by atoms with E-state index in [1.807, 2.05) is 80.6 Å². The third-order valence-corrected chi connectivity index (χ3v) is 9.04. The second-order valence-electron chi connectivity index (χ2n) is 10.4. The van der Waals surface area contributed by atoms with Gasteiger partial charge in [0.1, 0.15) is 11.8 Å². The fourth-order valence-corrected chi connectivity index (χ4v) is 5.60. The van der Waals surface area contributed by atoms with Crippen LogP contribution in [0.5, 0.6) is 5.75 Å². The quantitative estimate of drug-likeness (QED) is 0.249. The molecule has 1 fully saturated rings. The van der Waals surface area contributed by atoms with Crippen molar-refractivity contribution in [3.63, 3.8) is 0 Å². The average Bonchev–Trinajstić information content (AvgIpc) is 2.94. The van der Waals surface area contributed by atoms with Gasteiger partial charge >= 0.3 is 0 Å². The van der Waals surface area contributed by atoms with E-state index in [-0.39, 0.29) is 24.5 Å². The fourth-order valence-electron chi connectivity index (χ4n) is 5.10. The zero-order valence-electron chi connectivity index (χ0n) is 22.6. The SMILES string of the molecule is Cc1cc(OCC(=O)N(Cc2ccc(Br)cc2)[C@@H](Cc2ccccc2)C(=O)NC2CCCCC2)cc(C)c1Br. The van der Waals surface area contributed by atoms with Gasteiger partial charge in [-0.3, -0.25) is 9.59 Å². The van der Waals surface area contributed by atoms with E-state index >= 15 is 0 Å². The Labute approximate surface area is 248 Å². The number of aryl methyl sites for hydroxylation is 2. The number of hydrogen-bond acceptors (Lipinski definition) is 3. The Morgan fingerprint density at radius 2 is 1.56 bits per heavy atom. The summed E-state index contributed by atoms with van der Waals surface area (Å²) < 4.78 is 7.99. The van der Waals surface area contributed by atoms with E-state index in [0.717, 1.165) is 56.9 Å². The molecule has 0 radical (unpaired) electrons. The van der Waals surface area contributed by atoms with Crippen molar-refractivity contribution in [2.75, 3.05) is 6.61 Å².